The molecule has 0 radical (unpaired) electrons. The topological polar surface area (TPSA) is 50.6 Å². The van der Waals surface area contributed by atoms with Crippen LogP contribution < -0.4 is 9.64 Å². The molecule has 6 nitrogen and oxygen atoms in total. The fourth-order valence-electron chi connectivity index (χ4n) is 2.67. The highest BCUT2D eigenvalue weighted by Crippen LogP contribution is 2.20. The van der Waals surface area contributed by atoms with E-state index in [1.165, 1.54) is 0 Å². The van der Waals surface area contributed by atoms with Crippen molar-refractivity contribution in [2.75, 3.05) is 38.2 Å². The zero-order chi connectivity index (χ0) is 16.2. The van der Waals surface area contributed by atoms with Crippen molar-refractivity contribution in [1.82, 2.24) is 14.7 Å². The van der Waals surface area contributed by atoms with Gasteiger partial charge < -0.3 is 14.5 Å². The van der Waals surface area contributed by atoms with Crippen LogP contribution in [0.5, 0.6) is 5.75 Å². The molecule has 2 aromatic rings. The van der Waals surface area contributed by atoms with E-state index < -0.39 is 0 Å². The van der Waals surface area contributed by atoms with Crippen molar-refractivity contribution in [3.63, 3.8) is 0 Å². The third-order valence-electron chi connectivity index (χ3n) is 3.97. The lowest BCUT2D eigenvalue weighted by Crippen LogP contribution is -2.49. The Morgan fingerprint density at radius 1 is 1.22 bits per heavy atom. The average Bonchev–Trinajstić information content (AvgIpc) is 3.00. The molecule has 1 fully saturated rings. The molecule has 1 aromatic carbocycles. The summed E-state index contributed by atoms with van der Waals surface area (Å²) in [5.41, 5.74) is 1.16. The lowest BCUT2D eigenvalue weighted by atomic mass is 10.2. The molecule has 0 atom stereocenters. The number of aromatic nitrogens is 2. The van der Waals surface area contributed by atoms with Crippen molar-refractivity contribution >= 4 is 27.5 Å². The summed E-state index contributed by atoms with van der Waals surface area (Å²) < 4.78 is 7.72. The Labute approximate surface area is 143 Å². The van der Waals surface area contributed by atoms with Gasteiger partial charge in [0.25, 0.3) is 0 Å². The molecule has 0 saturated carbocycles. The van der Waals surface area contributed by atoms with Gasteiger partial charge in [-0.15, -0.1) is 0 Å². The van der Waals surface area contributed by atoms with Crippen molar-refractivity contribution in [1.29, 1.82) is 0 Å². The monoisotopic (exact) mass is 378 g/mol. The third kappa shape index (κ3) is 3.85. The number of benzene rings is 1. The van der Waals surface area contributed by atoms with Crippen LogP contribution in [0.4, 0.5) is 5.69 Å². The van der Waals surface area contributed by atoms with E-state index in [1.807, 2.05) is 23.2 Å². The summed E-state index contributed by atoms with van der Waals surface area (Å²) in [6.45, 7) is 3.41. The molecule has 2 heterocycles. The molecular weight excluding hydrogens is 360 g/mol. The van der Waals surface area contributed by atoms with Crippen LogP contribution in [0.25, 0.3) is 0 Å². The maximum Gasteiger partial charge on any atom is 0.244 e. The SMILES string of the molecule is COc1ccc(N2CCN(C(=O)Cn3cc(Br)cn3)CC2)cc1. The minimum Gasteiger partial charge on any atom is -0.497 e. The van der Waals surface area contributed by atoms with E-state index in [9.17, 15) is 4.79 Å². The van der Waals surface area contributed by atoms with Crippen LogP contribution in [0, 0.1) is 0 Å². The number of methoxy groups -OCH3 is 1. The molecule has 0 N–H and O–H groups in total. The molecule has 3 rings (SSSR count). The van der Waals surface area contributed by atoms with Crippen LogP contribution >= 0.6 is 15.9 Å². The molecular formula is C16H19BrN4O2. The number of ether oxygens (including phenoxy) is 1. The first-order chi connectivity index (χ1) is 11.2. The fraction of sp³-hybridized carbons (Fsp3) is 0.375. The maximum atomic E-state index is 12.3. The number of amides is 1. The molecule has 0 spiro atoms. The van der Waals surface area contributed by atoms with Crippen molar-refractivity contribution in [3.8, 4) is 5.75 Å². The normalized spacial score (nSPS) is 14.9. The van der Waals surface area contributed by atoms with Gasteiger partial charge in [0, 0.05) is 38.1 Å². The molecule has 122 valence electrons. The third-order valence-corrected chi connectivity index (χ3v) is 4.38. The van der Waals surface area contributed by atoms with Crippen molar-refractivity contribution in [3.05, 3.63) is 41.1 Å². The number of piperazine rings is 1. The first-order valence-electron chi connectivity index (χ1n) is 7.50. The number of rotatable bonds is 4. The summed E-state index contributed by atoms with van der Waals surface area (Å²) in [6, 6.07) is 8.03. The van der Waals surface area contributed by atoms with Gasteiger partial charge in [-0.2, -0.15) is 5.10 Å². The molecule has 0 unspecified atom stereocenters. The van der Waals surface area contributed by atoms with Gasteiger partial charge in [0.05, 0.1) is 17.8 Å². The van der Waals surface area contributed by atoms with Crippen LogP contribution in [0.15, 0.2) is 41.1 Å². The molecule has 0 bridgehead atoms. The lowest BCUT2D eigenvalue weighted by molar-refractivity contribution is -0.132. The van der Waals surface area contributed by atoms with Gasteiger partial charge >= 0.3 is 0 Å². The first-order valence-corrected chi connectivity index (χ1v) is 8.30. The van der Waals surface area contributed by atoms with Gasteiger partial charge in [0.1, 0.15) is 12.3 Å². The van der Waals surface area contributed by atoms with Gasteiger partial charge in [-0.3, -0.25) is 9.48 Å². The zero-order valence-corrected chi connectivity index (χ0v) is 14.6. The highest BCUT2D eigenvalue weighted by atomic mass is 79.9. The highest BCUT2D eigenvalue weighted by Gasteiger charge is 2.21. The van der Waals surface area contributed by atoms with Crippen LogP contribution in [-0.2, 0) is 11.3 Å². The van der Waals surface area contributed by atoms with Crippen molar-refractivity contribution < 1.29 is 9.53 Å². The van der Waals surface area contributed by atoms with E-state index in [2.05, 4.69) is 38.1 Å². The molecule has 1 aliphatic heterocycles. The summed E-state index contributed by atoms with van der Waals surface area (Å²) in [5.74, 6) is 0.961. The number of hydrogen-bond donors (Lipinski definition) is 0. The van der Waals surface area contributed by atoms with Gasteiger partial charge in [-0.25, -0.2) is 0 Å². The number of hydrogen-bond acceptors (Lipinski definition) is 4. The van der Waals surface area contributed by atoms with Gasteiger partial charge in [0.2, 0.25) is 5.91 Å². The first kappa shape index (κ1) is 15.9. The van der Waals surface area contributed by atoms with Crippen molar-refractivity contribution in [2.45, 2.75) is 6.54 Å². The number of anilines is 1. The van der Waals surface area contributed by atoms with Crippen molar-refractivity contribution in [2.24, 2.45) is 0 Å². The molecule has 23 heavy (non-hydrogen) atoms. The maximum absolute atomic E-state index is 12.3. The van der Waals surface area contributed by atoms with Crippen LogP contribution in [0.3, 0.4) is 0 Å². The Morgan fingerprint density at radius 3 is 2.48 bits per heavy atom. The predicted molar refractivity (Wildman–Crippen MR) is 91.7 cm³/mol. The molecule has 1 aliphatic rings. The Bertz CT molecular complexity index is 663. The summed E-state index contributed by atoms with van der Waals surface area (Å²) in [5, 5.41) is 4.13. The number of carbonyl (C=O) groups excluding carboxylic acids is 1. The molecule has 0 aliphatic carbocycles. The summed E-state index contributed by atoms with van der Waals surface area (Å²) in [4.78, 5) is 16.5. The average molecular weight is 379 g/mol. The van der Waals surface area contributed by atoms with E-state index in [1.54, 1.807) is 18.0 Å². The lowest BCUT2D eigenvalue weighted by Gasteiger charge is -2.36. The standard InChI is InChI=1S/C16H19BrN4O2/c1-23-15-4-2-14(3-5-15)19-6-8-20(9-7-19)16(22)12-21-11-13(17)10-18-21/h2-5,10-11H,6-9,12H2,1H3. The van der Waals surface area contributed by atoms with Crippen LogP contribution in [0.2, 0.25) is 0 Å². The van der Waals surface area contributed by atoms with Gasteiger partial charge in [-0.1, -0.05) is 0 Å². The number of nitrogens with zero attached hydrogens (tertiary/aromatic N) is 4. The van der Waals surface area contributed by atoms with E-state index >= 15 is 0 Å². The zero-order valence-electron chi connectivity index (χ0n) is 13.0. The van der Waals surface area contributed by atoms with Crippen LogP contribution in [0.1, 0.15) is 0 Å². The van der Waals surface area contributed by atoms with E-state index in [4.69, 9.17) is 4.74 Å². The van der Waals surface area contributed by atoms with Gasteiger partial charge in [0.15, 0.2) is 0 Å². The van der Waals surface area contributed by atoms with Crippen LogP contribution in [-0.4, -0.2) is 53.9 Å². The predicted octanol–water partition coefficient (Wildman–Crippen LogP) is 2.00. The summed E-state index contributed by atoms with van der Waals surface area (Å²) >= 11 is 3.34. The Hall–Kier alpha value is -2.02. The smallest absolute Gasteiger partial charge is 0.244 e. The fourth-order valence-corrected chi connectivity index (χ4v) is 3.00. The Kier molecular flexibility index (Phi) is 4.85. The number of halogens is 1. The minimum atomic E-state index is 0.106. The minimum absolute atomic E-state index is 0.106. The summed E-state index contributed by atoms with van der Waals surface area (Å²) in [6.07, 6.45) is 3.50. The Morgan fingerprint density at radius 2 is 1.91 bits per heavy atom. The summed E-state index contributed by atoms with van der Waals surface area (Å²) in [7, 11) is 1.66. The van der Waals surface area contributed by atoms with Gasteiger partial charge in [-0.05, 0) is 40.2 Å². The second-order valence-electron chi connectivity index (χ2n) is 5.42. The quantitative estimate of drug-likeness (QED) is 0.816. The van der Waals surface area contributed by atoms with E-state index in [0.29, 0.717) is 0 Å². The molecule has 1 saturated heterocycles. The molecule has 7 heteroatoms. The molecule has 1 aromatic heterocycles. The second-order valence-corrected chi connectivity index (χ2v) is 6.34. The van der Waals surface area contributed by atoms with E-state index in [-0.39, 0.29) is 12.5 Å². The highest BCUT2D eigenvalue weighted by molar-refractivity contribution is 9.10. The Balaban J connectivity index is 1.54. The largest absolute Gasteiger partial charge is 0.497 e. The number of carbonyl (C=O) groups is 1. The molecule has 1 amide bonds. The van der Waals surface area contributed by atoms with E-state index in [0.717, 1.165) is 42.1 Å². The second kappa shape index (κ2) is 7.04.